The third-order valence-corrected chi connectivity index (χ3v) is 7.10. The van der Waals surface area contributed by atoms with Crippen LogP contribution in [0.2, 0.25) is 10.0 Å². The van der Waals surface area contributed by atoms with Crippen LogP contribution in [0, 0.1) is 11.8 Å². The van der Waals surface area contributed by atoms with Gasteiger partial charge in [0.05, 0.1) is 40.6 Å². The van der Waals surface area contributed by atoms with E-state index in [0.29, 0.717) is 45.3 Å². The number of hydrogen-bond acceptors (Lipinski definition) is 5. The van der Waals surface area contributed by atoms with Gasteiger partial charge in [-0.2, -0.15) is 5.10 Å². The highest BCUT2D eigenvalue weighted by Gasteiger charge is 2.29. The number of nitrogens with one attached hydrogen (secondary N) is 1. The van der Waals surface area contributed by atoms with E-state index in [1.807, 2.05) is 30.3 Å². The third kappa shape index (κ3) is 4.24. The molecule has 2 N–H and O–H groups in total. The lowest BCUT2D eigenvalue weighted by molar-refractivity contribution is 0.0989. The van der Waals surface area contributed by atoms with Crippen LogP contribution in [-0.4, -0.2) is 37.6 Å². The second-order valence-electron chi connectivity index (χ2n) is 8.37. The average molecular weight is 484 g/mol. The van der Waals surface area contributed by atoms with Gasteiger partial charge in [0.25, 0.3) is 5.56 Å². The van der Waals surface area contributed by atoms with E-state index < -0.39 is 0 Å². The van der Waals surface area contributed by atoms with Gasteiger partial charge in [0.1, 0.15) is 5.82 Å². The first kappa shape index (κ1) is 21.9. The number of nitrogens with zero attached hydrogens (tertiary/aromatic N) is 4. The Kier molecular flexibility index (Phi) is 6.10. The quantitative estimate of drug-likeness (QED) is 0.407. The summed E-state index contributed by atoms with van der Waals surface area (Å²) in [5.74, 6) is 1.41. The molecule has 3 heterocycles. The van der Waals surface area contributed by atoms with Crippen LogP contribution in [0.25, 0.3) is 16.6 Å². The summed E-state index contributed by atoms with van der Waals surface area (Å²) in [5.41, 5.74) is 1.99. The topological polar surface area (TPSA) is 85.0 Å². The summed E-state index contributed by atoms with van der Waals surface area (Å²) >= 11 is 12.7. The van der Waals surface area contributed by atoms with Crippen LogP contribution in [0.15, 0.2) is 59.8 Å². The van der Waals surface area contributed by atoms with E-state index in [1.165, 1.54) is 4.57 Å². The maximum Gasteiger partial charge on any atom is 0.266 e. The smallest absolute Gasteiger partial charge is 0.266 e. The van der Waals surface area contributed by atoms with Gasteiger partial charge in [-0.3, -0.25) is 14.0 Å². The average Bonchev–Trinajstić information content (AvgIpc) is 3.20. The standard InChI is InChI=1S/C24H23Cl2N5O2/c25-19-4-2-1-3-16(19)13-31-21-7-8-30(24(33)18(21)11-29-31)22-9-23(28-12-20(22)26)27-10-15-5-6-17(15)14-32/h1-4,7-9,11-12,15,17,32H,5-6,10,13-14H2,(H,27,28). The van der Waals surface area contributed by atoms with Gasteiger partial charge in [-0.25, -0.2) is 4.98 Å². The number of halogens is 2. The number of pyridine rings is 2. The highest BCUT2D eigenvalue weighted by molar-refractivity contribution is 6.32. The van der Waals surface area contributed by atoms with E-state index in [4.69, 9.17) is 23.2 Å². The van der Waals surface area contributed by atoms with Gasteiger partial charge < -0.3 is 10.4 Å². The molecule has 0 amide bonds. The van der Waals surface area contributed by atoms with Crippen molar-refractivity contribution in [1.29, 1.82) is 0 Å². The van der Waals surface area contributed by atoms with Crippen molar-refractivity contribution in [2.45, 2.75) is 19.4 Å². The van der Waals surface area contributed by atoms with Crippen LogP contribution < -0.4 is 10.9 Å². The zero-order valence-corrected chi connectivity index (χ0v) is 19.3. The second-order valence-corrected chi connectivity index (χ2v) is 9.18. The lowest BCUT2D eigenvalue weighted by Crippen LogP contribution is -2.34. The van der Waals surface area contributed by atoms with E-state index >= 15 is 0 Å². The zero-order chi connectivity index (χ0) is 22.9. The second kappa shape index (κ2) is 9.17. The number of benzene rings is 1. The molecular weight excluding hydrogens is 461 g/mol. The van der Waals surface area contributed by atoms with E-state index in [0.717, 1.165) is 30.5 Å². The summed E-state index contributed by atoms with van der Waals surface area (Å²) in [5, 5.41) is 18.6. The number of fused-ring (bicyclic) bond motifs is 1. The summed E-state index contributed by atoms with van der Waals surface area (Å²) in [6.45, 7) is 1.40. The Morgan fingerprint density at radius 3 is 2.67 bits per heavy atom. The van der Waals surface area contributed by atoms with Gasteiger partial charge in [0.2, 0.25) is 0 Å². The van der Waals surface area contributed by atoms with Crippen LogP contribution in [-0.2, 0) is 6.54 Å². The Morgan fingerprint density at radius 2 is 1.91 bits per heavy atom. The molecule has 1 saturated carbocycles. The fraction of sp³-hybridized carbons (Fsp3) is 0.292. The van der Waals surface area contributed by atoms with Gasteiger partial charge in [-0.1, -0.05) is 41.4 Å². The minimum atomic E-state index is -0.212. The number of aliphatic hydroxyl groups is 1. The Bertz CT molecular complexity index is 1360. The van der Waals surface area contributed by atoms with Crippen LogP contribution >= 0.6 is 23.2 Å². The Balaban J connectivity index is 1.43. The van der Waals surface area contributed by atoms with E-state index in [1.54, 1.807) is 29.3 Å². The Labute approximate surface area is 200 Å². The maximum absolute atomic E-state index is 13.3. The van der Waals surface area contributed by atoms with Gasteiger partial charge in [0.15, 0.2) is 0 Å². The molecule has 2 unspecified atom stereocenters. The minimum absolute atomic E-state index is 0.212. The molecule has 5 rings (SSSR count). The summed E-state index contributed by atoms with van der Waals surface area (Å²) in [7, 11) is 0. The molecule has 1 aromatic carbocycles. The molecule has 7 nitrogen and oxygen atoms in total. The molecule has 4 aromatic rings. The molecule has 2 atom stereocenters. The first-order valence-corrected chi connectivity index (χ1v) is 11.6. The van der Waals surface area contributed by atoms with Crippen LogP contribution in [0.4, 0.5) is 5.82 Å². The summed E-state index contributed by atoms with van der Waals surface area (Å²) in [6, 6.07) is 11.2. The molecule has 0 spiro atoms. The SMILES string of the molecule is O=c1c2cnn(Cc3ccccc3Cl)c2ccn1-c1cc(NCC2CCC2CO)ncc1Cl. The molecule has 1 aliphatic rings. The van der Waals surface area contributed by atoms with Crippen LogP contribution in [0.3, 0.4) is 0 Å². The molecule has 0 aliphatic heterocycles. The molecule has 170 valence electrons. The fourth-order valence-electron chi connectivity index (χ4n) is 4.27. The van der Waals surface area contributed by atoms with Gasteiger partial charge in [-0.05, 0) is 42.4 Å². The highest BCUT2D eigenvalue weighted by atomic mass is 35.5. The lowest BCUT2D eigenvalue weighted by Gasteiger charge is -2.35. The van der Waals surface area contributed by atoms with Crippen molar-refractivity contribution in [3.63, 3.8) is 0 Å². The molecule has 1 fully saturated rings. The van der Waals surface area contributed by atoms with Crippen LogP contribution in [0.5, 0.6) is 0 Å². The number of hydrogen-bond donors (Lipinski definition) is 2. The lowest BCUT2D eigenvalue weighted by atomic mass is 9.74. The van der Waals surface area contributed by atoms with Crippen molar-refractivity contribution in [2.24, 2.45) is 11.8 Å². The molecule has 0 radical (unpaired) electrons. The first-order chi connectivity index (χ1) is 16.0. The Hall–Kier alpha value is -2.87. The summed E-state index contributed by atoms with van der Waals surface area (Å²) in [4.78, 5) is 17.6. The van der Waals surface area contributed by atoms with Crippen LogP contribution in [0.1, 0.15) is 18.4 Å². The zero-order valence-electron chi connectivity index (χ0n) is 17.8. The van der Waals surface area contributed by atoms with Crippen molar-refractivity contribution >= 4 is 39.9 Å². The van der Waals surface area contributed by atoms with Crippen molar-refractivity contribution in [3.8, 4) is 5.69 Å². The van der Waals surface area contributed by atoms with Crippen molar-refractivity contribution in [1.82, 2.24) is 19.3 Å². The van der Waals surface area contributed by atoms with Crippen molar-refractivity contribution in [3.05, 3.63) is 81.0 Å². The fourth-order valence-corrected chi connectivity index (χ4v) is 4.66. The predicted molar refractivity (Wildman–Crippen MR) is 130 cm³/mol. The predicted octanol–water partition coefficient (Wildman–Crippen LogP) is 4.37. The molecule has 3 aromatic heterocycles. The number of rotatable bonds is 7. The first-order valence-electron chi connectivity index (χ1n) is 10.9. The maximum atomic E-state index is 13.3. The number of aromatic nitrogens is 4. The third-order valence-electron chi connectivity index (χ3n) is 6.44. The van der Waals surface area contributed by atoms with E-state index in [9.17, 15) is 9.90 Å². The van der Waals surface area contributed by atoms with Gasteiger partial charge in [0, 0.05) is 30.4 Å². The molecule has 0 saturated heterocycles. The number of anilines is 1. The largest absolute Gasteiger partial charge is 0.396 e. The molecule has 1 aliphatic carbocycles. The molecule has 9 heteroatoms. The molecular formula is C24H23Cl2N5O2. The highest BCUT2D eigenvalue weighted by Crippen LogP contribution is 2.34. The van der Waals surface area contributed by atoms with Gasteiger partial charge in [-0.15, -0.1) is 0 Å². The molecule has 33 heavy (non-hydrogen) atoms. The van der Waals surface area contributed by atoms with Crippen molar-refractivity contribution in [2.75, 3.05) is 18.5 Å². The summed E-state index contributed by atoms with van der Waals surface area (Å²) in [6.07, 6.45) is 6.97. The summed E-state index contributed by atoms with van der Waals surface area (Å²) < 4.78 is 3.28. The number of aliphatic hydroxyl groups excluding tert-OH is 1. The normalized spacial score (nSPS) is 17.8. The van der Waals surface area contributed by atoms with E-state index in [2.05, 4.69) is 15.4 Å². The monoisotopic (exact) mass is 483 g/mol. The van der Waals surface area contributed by atoms with E-state index in [-0.39, 0.29) is 12.2 Å². The van der Waals surface area contributed by atoms with Crippen molar-refractivity contribution < 1.29 is 5.11 Å². The molecule has 0 bridgehead atoms. The Morgan fingerprint density at radius 1 is 1.09 bits per heavy atom. The minimum Gasteiger partial charge on any atom is -0.396 e. The van der Waals surface area contributed by atoms with Gasteiger partial charge >= 0.3 is 0 Å².